The zero-order valence-corrected chi connectivity index (χ0v) is 14.8. The fourth-order valence-electron chi connectivity index (χ4n) is 2.82. The summed E-state index contributed by atoms with van der Waals surface area (Å²) in [7, 11) is 0. The summed E-state index contributed by atoms with van der Waals surface area (Å²) in [6, 6.07) is 14.3. The predicted octanol–water partition coefficient (Wildman–Crippen LogP) is 4.20. The SMILES string of the molecule is CCC(NC(=S)Nc1ccc2c(c1)OCCO2)c1ccccc1C. The van der Waals surface area contributed by atoms with Crippen molar-refractivity contribution in [2.75, 3.05) is 18.5 Å². The van der Waals surface area contributed by atoms with Crippen LogP contribution in [0.15, 0.2) is 42.5 Å². The molecular formula is C19H22N2O2S. The molecule has 4 nitrogen and oxygen atoms in total. The van der Waals surface area contributed by atoms with Crippen LogP contribution < -0.4 is 20.1 Å². The summed E-state index contributed by atoms with van der Waals surface area (Å²) < 4.78 is 11.1. The first-order valence-corrected chi connectivity index (χ1v) is 8.61. The van der Waals surface area contributed by atoms with Crippen LogP contribution in [0, 0.1) is 6.92 Å². The molecule has 126 valence electrons. The van der Waals surface area contributed by atoms with Gasteiger partial charge in [0.1, 0.15) is 13.2 Å². The van der Waals surface area contributed by atoms with Crippen LogP contribution in [-0.2, 0) is 0 Å². The average molecular weight is 342 g/mol. The van der Waals surface area contributed by atoms with Gasteiger partial charge in [-0.2, -0.15) is 0 Å². The van der Waals surface area contributed by atoms with E-state index in [0.29, 0.717) is 18.3 Å². The Kier molecular flexibility index (Phi) is 5.20. The zero-order chi connectivity index (χ0) is 16.9. The molecule has 0 aromatic heterocycles. The van der Waals surface area contributed by atoms with Crippen LogP contribution in [0.25, 0.3) is 0 Å². The zero-order valence-electron chi connectivity index (χ0n) is 14.0. The fraction of sp³-hybridized carbons (Fsp3) is 0.316. The van der Waals surface area contributed by atoms with Crippen LogP contribution in [0.3, 0.4) is 0 Å². The van der Waals surface area contributed by atoms with Gasteiger partial charge >= 0.3 is 0 Å². The molecule has 0 bridgehead atoms. The molecule has 5 heteroatoms. The number of ether oxygens (including phenoxy) is 2. The highest BCUT2D eigenvalue weighted by Gasteiger charge is 2.14. The first kappa shape index (κ1) is 16.6. The Balaban J connectivity index is 1.67. The van der Waals surface area contributed by atoms with Crippen molar-refractivity contribution < 1.29 is 9.47 Å². The van der Waals surface area contributed by atoms with E-state index in [1.54, 1.807) is 0 Å². The minimum Gasteiger partial charge on any atom is -0.486 e. The fourth-order valence-corrected chi connectivity index (χ4v) is 3.08. The molecule has 2 aromatic carbocycles. The lowest BCUT2D eigenvalue weighted by Gasteiger charge is -2.22. The smallest absolute Gasteiger partial charge is 0.171 e. The monoisotopic (exact) mass is 342 g/mol. The van der Waals surface area contributed by atoms with Crippen LogP contribution in [-0.4, -0.2) is 18.3 Å². The molecule has 0 fully saturated rings. The number of benzene rings is 2. The van der Waals surface area contributed by atoms with E-state index >= 15 is 0 Å². The van der Waals surface area contributed by atoms with Crippen LogP contribution in [0.2, 0.25) is 0 Å². The highest BCUT2D eigenvalue weighted by atomic mass is 32.1. The highest BCUT2D eigenvalue weighted by molar-refractivity contribution is 7.80. The summed E-state index contributed by atoms with van der Waals surface area (Å²) in [6.07, 6.45) is 0.952. The third-order valence-electron chi connectivity index (χ3n) is 4.08. The van der Waals surface area contributed by atoms with Gasteiger partial charge in [-0.25, -0.2) is 0 Å². The first-order valence-electron chi connectivity index (χ1n) is 8.20. The minimum atomic E-state index is 0.184. The molecule has 1 aliphatic heterocycles. The molecule has 0 spiro atoms. The molecule has 1 unspecified atom stereocenters. The van der Waals surface area contributed by atoms with Crippen LogP contribution in [0.5, 0.6) is 11.5 Å². The number of aryl methyl sites for hydroxylation is 1. The van der Waals surface area contributed by atoms with Crippen LogP contribution in [0.4, 0.5) is 5.69 Å². The number of rotatable bonds is 4. The number of hydrogen-bond acceptors (Lipinski definition) is 3. The van der Waals surface area contributed by atoms with Crippen molar-refractivity contribution in [3.05, 3.63) is 53.6 Å². The molecule has 1 atom stereocenters. The van der Waals surface area contributed by atoms with Gasteiger partial charge in [0, 0.05) is 11.8 Å². The van der Waals surface area contributed by atoms with Crippen molar-refractivity contribution in [2.45, 2.75) is 26.3 Å². The summed E-state index contributed by atoms with van der Waals surface area (Å²) in [5, 5.41) is 7.23. The highest BCUT2D eigenvalue weighted by Crippen LogP contribution is 2.32. The lowest BCUT2D eigenvalue weighted by molar-refractivity contribution is 0.171. The standard InChI is InChI=1S/C19H22N2O2S/c1-3-16(15-7-5-4-6-13(15)2)21-19(24)20-14-8-9-17-18(12-14)23-11-10-22-17/h4-9,12,16H,3,10-11H2,1-2H3,(H2,20,21,24). The quantitative estimate of drug-likeness (QED) is 0.815. The van der Waals surface area contributed by atoms with Crippen LogP contribution in [0.1, 0.15) is 30.5 Å². The van der Waals surface area contributed by atoms with Crippen molar-refractivity contribution in [3.8, 4) is 11.5 Å². The average Bonchev–Trinajstić information content (AvgIpc) is 2.60. The molecule has 1 heterocycles. The van der Waals surface area contributed by atoms with E-state index in [9.17, 15) is 0 Å². The number of fused-ring (bicyclic) bond motifs is 1. The number of nitrogens with one attached hydrogen (secondary N) is 2. The van der Waals surface area contributed by atoms with E-state index in [-0.39, 0.29) is 6.04 Å². The second-order valence-electron chi connectivity index (χ2n) is 5.77. The Bertz CT molecular complexity index is 733. The normalized spacial score (nSPS) is 13.9. The van der Waals surface area contributed by atoms with Crippen LogP contribution >= 0.6 is 12.2 Å². The lowest BCUT2D eigenvalue weighted by atomic mass is 10.00. The molecule has 1 aliphatic rings. The van der Waals surface area contributed by atoms with Gasteiger partial charge in [0.15, 0.2) is 16.6 Å². The van der Waals surface area contributed by atoms with Gasteiger partial charge < -0.3 is 20.1 Å². The van der Waals surface area contributed by atoms with Crippen molar-refractivity contribution in [1.82, 2.24) is 5.32 Å². The molecule has 3 rings (SSSR count). The summed E-state index contributed by atoms with van der Waals surface area (Å²) >= 11 is 5.48. The number of anilines is 1. The van der Waals surface area contributed by atoms with Gasteiger partial charge in [-0.1, -0.05) is 31.2 Å². The number of thiocarbonyl (C=S) groups is 1. The van der Waals surface area contributed by atoms with Gasteiger partial charge in [-0.3, -0.25) is 0 Å². The predicted molar refractivity (Wildman–Crippen MR) is 101 cm³/mol. The summed E-state index contributed by atoms with van der Waals surface area (Å²) in [4.78, 5) is 0. The Morgan fingerprint density at radius 2 is 1.88 bits per heavy atom. The second-order valence-corrected chi connectivity index (χ2v) is 6.18. The van der Waals surface area contributed by atoms with Gasteiger partial charge in [-0.15, -0.1) is 0 Å². The Morgan fingerprint density at radius 1 is 1.12 bits per heavy atom. The van der Waals surface area contributed by atoms with Gasteiger partial charge in [0.05, 0.1) is 6.04 Å². The van der Waals surface area contributed by atoms with E-state index in [1.165, 1.54) is 11.1 Å². The molecule has 0 saturated heterocycles. The van der Waals surface area contributed by atoms with Crippen molar-refractivity contribution in [3.63, 3.8) is 0 Å². The van der Waals surface area contributed by atoms with Crippen molar-refractivity contribution in [1.29, 1.82) is 0 Å². The molecular weight excluding hydrogens is 320 g/mol. The summed E-state index contributed by atoms with van der Waals surface area (Å²) in [5.74, 6) is 1.53. The van der Waals surface area contributed by atoms with E-state index in [2.05, 4.69) is 48.7 Å². The maximum Gasteiger partial charge on any atom is 0.171 e. The van der Waals surface area contributed by atoms with Gasteiger partial charge in [0.2, 0.25) is 0 Å². The summed E-state index contributed by atoms with van der Waals surface area (Å²) in [6.45, 7) is 5.44. The third-order valence-corrected chi connectivity index (χ3v) is 4.30. The van der Waals surface area contributed by atoms with E-state index < -0.39 is 0 Å². The Labute approximate surface area is 148 Å². The largest absolute Gasteiger partial charge is 0.486 e. The topological polar surface area (TPSA) is 42.5 Å². The van der Waals surface area contributed by atoms with Gasteiger partial charge in [-0.05, 0) is 48.8 Å². The molecule has 2 aromatic rings. The lowest BCUT2D eigenvalue weighted by Crippen LogP contribution is -2.32. The third kappa shape index (κ3) is 3.79. The van der Waals surface area contributed by atoms with E-state index in [0.717, 1.165) is 23.6 Å². The van der Waals surface area contributed by atoms with Crippen molar-refractivity contribution in [2.24, 2.45) is 0 Å². The molecule has 0 aliphatic carbocycles. The molecule has 0 saturated carbocycles. The number of hydrogen-bond donors (Lipinski definition) is 2. The molecule has 0 radical (unpaired) electrons. The van der Waals surface area contributed by atoms with Crippen molar-refractivity contribution >= 4 is 23.0 Å². The molecule has 2 N–H and O–H groups in total. The Morgan fingerprint density at radius 3 is 2.62 bits per heavy atom. The van der Waals surface area contributed by atoms with E-state index in [4.69, 9.17) is 21.7 Å². The van der Waals surface area contributed by atoms with E-state index in [1.807, 2.05) is 18.2 Å². The van der Waals surface area contributed by atoms with Gasteiger partial charge in [0.25, 0.3) is 0 Å². The molecule has 24 heavy (non-hydrogen) atoms. The minimum absolute atomic E-state index is 0.184. The maximum atomic E-state index is 5.60. The summed E-state index contributed by atoms with van der Waals surface area (Å²) in [5.41, 5.74) is 3.42. The second kappa shape index (κ2) is 7.53. The Hall–Kier alpha value is -2.27. The molecule has 0 amide bonds. The maximum absolute atomic E-state index is 5.60. The first-order chi connectivity index (χ1) is 11.7.